The van der Waals surface area contributed by atoms with Gasteiger partial charge in [-0.3, -0.25) is 4.79 Å². The average molecular weight is 541 g/mol. The van der Waals surface area contributed by atoms with Gasteiger partial charge in [-0.1, -0.05) is 55.6 Å². The lowest BCUT2D eigenvalue weighted by Crippen LogP contribution is -2.65. The van der Waals surface area contributed by atoms with Crippen LogP contribution in [0.25, 0.3) is 0 Å². The number of fused-ring (bicyclic) bond motifs is 1. The molecule has 37 heavy (non-hydrogen) atoms. The number of carbonyl (C=O) groups is 1. The third kappa shape index (κ3) is 4.97. The number of rotatable bonds is 7. The molecule has 0 saturated heterocycles. The Morgan fingerprint density at radius 2 is 1.70 bits per heavy atom. The molecule has 1 amide bonds. The van der Waals surface area contributed by atoms with Gasteiger partial charge in [0.25, 0.3) is 11.9 Å². The molecule has 198 valence electrons. The zero-order valence-corrected chi connectivity index (χ0v) is 25.0. The molecule has 4 rings (SSSR count). The van der Waals surface area contributed by atoms with Gasteiger partial charge < -0.3 is 29.3 Å². The number of methoxy groups -OCH3 is 2. The average Bonchev–Trinajstić information content (AvgIpc) is 3.32. The number of benzene rings is 1. The SMILES string of the molecule is CNc1nc(OC)c(NC(=O)c2ccc(Oc3cc4c(cc3C)[Si](C)(C)C(C)C[Si]4(C)C)o2)c(OC)n1. The second kappa shape index (κ2) is 9.86. The predicted molar refractivity (Wildman–Crippen MR) is 151 cm³/mol. The molecule has 1 aliphatic heterocycles. The highest BCUT2D eigenvalue weighted by molar-refractivity contribution is 7.04. The van der Waals surface area contributed by atoms with Crippen LogP contribution < -0.4 is 35.2 Å². The summed E-state index contributed by atoms with van der Waals surface area (Å²) in [5.41, 5.74) is 2.03. The van der Waals surface area contributed by atoms with Crippen LogP contribution in [0, 0.1) is 6.92 Å². The fourth-order valence-electron chi connectivity index (χ4n) is 5.00. The van der Waals surface area contributed by atoms with Crippen LogP contribution in [0.5, 0.6) is 23.5 Å². The zero-order valence-electron chi connectivity index (χ0n) is 23.0. The number of hydrogen-bond acceptors (Lipinski definition) is 8. The Bertz CT molecular complexity index is 1310. The van der Waals surface area contributed by atoms with Gasteiger partial charge in [0.05, 0.1) is 30.4 Å². The minimum absolute atomic E-state index is 0.0736. The molecule has 3 aromatic rings. The number of amides is 1. The fourth-order valence-corrected chi connectivity index (χ4v) is 15.5. The normalized spacial score (nSPS) is 17.5. The molecular weight excluding hydrogens is 504 g/mol. The molecule has 1 aliphatic rings. The van der Waals surface area contributed by atoms with E-state index in [1.54, 1.807) is 24.4 Å². The van der Waals surface area contributed by atoms with Crippen molar-refractivity contribution < 1.29 is 23.4 Å². The maximum absolute atomic E-state index is 13.0. The predicted octanol–water partition coefficient (Wildman–Crippen LogP) is 4.72. The van der Waals surface area contributed by atoms with Gasteiger partial charge in [-0.15, -0.1) is 0 Å². The van der Waals surface area contributed by atoms with Crippen molar-refractivity contribution in [2.75, 3.05) is 31.9 Å². The Hall–Kier alpha value is -3.32. The number of furan rings is 1. The molecule has 11 heteroatoms. The van der Waals surface area contributed by atoms with Crippen molar-refractivity contribution in [3.8, 4) is 23.5 Å². The molecule has 0 fully saturated rings. The van der Waals surface area contributed by atoms with E-state index in [0.717, 1.165) is 16.9 Å². The van der Waals surface area contributed by atoms with Gasteiger partial charge in [-0.25, -0.2) is 0 Å². The summed E-state index contributed by atoms with van der Waals surface area (Å²) in [5, 5.41) is 8.59. The molecule has 2 N–H and O–H groups in total. The van der Waals surface area contributed by atoms with Gasteiger partial charge in [0.1, 0.15) is 5.75 Å². The maximum atomic E-state index is 13.0. The highest BCUT2D eigenvalue weighted by Gasteiger charge is 2.44. The summed E-state index contributed by atoms with van der Waals surface area (Å²) in [5.74, 6) is 1.19. The number of aryl methyl sites for hydroxylation is 1. The first kappa shape index (κ1) is 26.7. The lowest BCUT2D eigenvalue weighted by atomic mass is 10.2. The van der Waals surface area contributed by atoms with Crippen molar-refractivity contribution in [1.29, 1.82) is 0 Å². The number of carbonyl (C=O) groups excluding carboxylic acids is 1. The summed E-state index contributed by atoms with van der Waals surface area (Å²) < 4.78 is 22.6. The van der Waals surface area contributed by atoms with Crippen molar-refractivity contribution in [2.24, 2.45) is 0 Å². The van der Waals surface area contributed by atoms with Crippen LogP contribution >= 0.6 is 0 Å². The van der Waals surface area contributed by atoms with E-state index in [1.165, 1.54) is 25.5 Å². The number of nitrogens with one attached hydrogen (secondary N) is 2. The summed E-state index contributed by atoms with van der Waals surface area (Å²) in [6.07, 6.45) is 0. The lowest BCUT2D eigenvalue weighted by Gasteiger charge is -2.44. The van der Waals surface area contributed by atoms with Crippen LogP contribution in [0.3, 0.4) is 0 Å². The summed E-state index contributed by atoms with van der Waals surface area (Å²) in [6.45, 7) is 14.3. The number of anilines is 2. The molecule has 2 aromatic heterocycles. The molecule has 9 nitrogen and oxygen atoms in total. The molecule has 0 spiro atoms. The van der Waals surface area contributed by atoms with Crippen molar-refractivity contribution in [2.45, 2.75) is 51.6 Å². The Labute approximate surface area is 220 Å². The number of ether oxygens (including phenoxy) is 3. The van der Waals surface area contributed by atoms with Gasteiger partial charge in [0.2, 0.25) is 17.7 Å². The summed E-state index contributed by atoms with van der Waals surface area (Å²) in [4.78, 5) is 21.4. The van der Waals surface area contributed by atoms with E-state index in [1.807, 2.05) is 0 Å². The van der Waals surface area contributed by atoms with Gasteiger partial charge in [-0.05, 0) is 30.2 Å². The molecule has 0 aliphatic carbocycles. The molecule has 0 saturated carbocycles. The van der Waals surface area contributed by atoms with E-state index in [9.17, 15) is 4.79 Å². The summed E-state index contributed by atoms with van der Waals surface area (Å²) in [6, 6.07) is 9.04. The minimum Gasteiger partial charge on any atom is -0.479 e. The first-order valence-electron chi connectivity index (χ1n) is 12.3. The zero-order chi connectivity index (χ0) is 27.1. The Balaban J connectivity index is 1.59. The van der Waals surface area contributed by atoms with Crippen LogP contribution in [-0.4, -0.2) is 53.3 Å². The number of hydrogen-bond donors (Lipinski definition) is 2. The van der Waals surface area contributed by atoms with E-state index in [-0.39, 0.29) is 29.2 Å². The third-order valence-corrected chi connectivity index (χ3v) is 16.1. The second-order valence-corrected chi connectivity index (χ2v) is 20.4. The Morgan fingerprint density at radius 1 is 1.05 bits per heavy atom. The molecule has 3 heterocycles. The third-order valence-electron chi connectivity index (χ3n) is 7.49. The van der Waals surface area contributed by atoms with E-state index >= 15 is 0 Å². The minimum atomic E-state index is -1.60. The van der Waals surface area contributed by atoms with Crippen LogP contribution in [0.4, 0.5) is 11.6 Å². The van der Waals surface area contributed by atoms with Crippen LogP contribution in [-0.2, 0) is 0 Å². The topological polar surface area (TPSA) is 108 Å². The molecular formula is C26H36N4O5Si2. The molecule has 0 radical (unpaired) electrons. The number of nitrogens with zero attached hydrogens (tertiary/aromatic N) is 2. The summed E-state index contributed by atoms with van der Waals surface area (Å²) >= 11 is 0. The number of aromatic nitrogens is 2. The van der Waals surface area contributed by atoms with Crippen LogP contribution in [0.15, 0.2) is 28.7 Å². The molecule has 1 unspecified atom stereocenters. The van der Waals surface area contributed by atoms with Gasteiger partial charge in [0.15, 0.2) is 11.4 Å². The van der Waals surface area contributed by atoms with E-state index < -0.39 is 22.1 Å². The lowest BCUT2D eigenvalue weighted by molar-refractivity contribution is 0.0990. The van der Waals surface area contributed by atoms with E-state index in [4.69, 9.17) is 18.6 Å². The Morgan fingerprint density at radius 3 is 2.30 bits per heavy atom. The van der Waals surface area contributed by atoms with E-state index in [2.05, 4.69) is 72.8 Å². The highest BCUT2D eigenvalue weighted by atomic mass is 28.3. The highest BCUT2D eigenvalue weighted by Crippen LogP contribution is 2.37. The quantitative estimate of drug-likeness (QED) is 0.415. The smallest absolute Gasteiger partial charge is 0.291 e. The fraction of sp³-hybridized carbons (Fsp3) is 0.423. The molecule has 0 bridgehead atoms. The Kier molecular flexibility index (Phi) is 7.13. The maximum Gasteiger partial charge on any atom is 0.291 e. The van der Waals surface area contributed by atoms with Crippen molar-refractivity contribution in [3.63, 3.8) is 0 Å². The van der Waals surface area contributed by atoms with Crippen LogP contribution in [0.1, 0.15) is 23.0 Å². The van der Waals surface area contributed by atoms with E-state index in [0.29, 0.717) is 5.95 Å². The van der Waals surface area contributed by atoms with Crippen molar-refractivity contribution >= 4 is 44.1 Å². The summed E-state index contributed by atoms with van der Waals surface area (Å²) in [7, 11) is 1.43. The first-order valence-corrected chi connectivity index (χ1v) is 18.6. The van der Waals surface area contributed by atoms with Crippen LogP contribution in [0.2, 0.25) is 37.8 Å². The van der Waals surface area contributed by atoms with Gasteiger partial charge >= 0.3 is 0 Å². The standard InChI is InChI=1S/C26H36N4O5Si2/c1-15-12-20-19(36(6,7)14-16(2)37(20,8)9)13-18(15)35-21-11-10-17(34-21)23(31)28-22-24(32-4)29-26(27-3)30-25(22)33-5/h10-13,16H,14H2,1-9H3,(H,28,31)(H,27,29,30). The van der Waals surface area contributed by atoms with Crippen molar-refractivity contribution in [1.82, 2.24) is 9.97 Å². The largest absolute Gasteiger partial charge is 0.479 e. The second-order valence-electron chi connectivity index (χ2n) is 10.7. The monoisotopic (exact) mass is 540 g/mol. The van der Waals surface area contributed by atoms with Crippen molar-refractivity contribution in [3.05, 3.63) is 35.6 Å². The van der Waals surface area contributed by atoms with Gasteiger partial charge in [-0.2, -0.15) is 9.97 Å². The molecule has 1 aromatic carbocycles. The first-order chi connectivity index (χ1) is 17.4. The molecule has 1 atom stereocenters. The van der Waals surface area contributed by atoms with Gasteiger partial charge in [0, 0.05) is 13.1 Å².